The van der Waals surface area contributed by atoms with Crippen molar-refractivity contribution in [2.24, 2.45) is 5.73 Å². The van der Waals surface area contributed by atoms with Gasteiger partial charge in [0.05, 0.1) is 6.61 Å². The average Bonchev–Trinajstić information content (AvgIpc) is 2.97. The van der Waals surface area contributed by atoms with Gasteiger partial charge in [-0.15, -0.1) is 0 Å². The summed E-state index contributed by atoms with van der Waals surface area (Å²) >= 11 is 0. The molecule has 0 atom stereocenters. The molecule has 2 aliphatic rings. The van der Waals surface area contributed by atoms with Crippen LogP contribution in [0.3, 0.4) is 0 Å². The van der Waals surface area contributed by atoms with Gasteiger partial charge in [0, 0.05) is 11.1 Å². The highest BCUT2D eigenvalue weighted by molar-refractivity contribution is 5.46. The van der Waals surface area contributed by atoms with E-state index < -0.39 is 0 Å². The van der Waals surface area contributed by atoms with Crippen LogP contribution in [0.25, 0.3) is 0 Å². The monoisotopic (exact) mass is 191 g/mol. The van der Waals surface area contributed by atoms with Crippen molar-refractivity contribution in [2.75, 3.05) is 6.79 Å². The van der Waals surface area contributed by atoms with Gasteiger partial charge in [-0.1, -0.05) is 12.1 Å². The van der Waals surface area contributed by atoms with Gasteiger partial charge < -0.3 is 15.2 Å². The Morgan fingerprint density at radius 2 is 2.14 bits per heavy atom. The summed E-state index contributed by atoms with van der Waals surface area (Å²) in [7, 11) is 0. The third-order valence-corrected chi connectivity index (χ3v) is 3.00. The second kappa shape index (κ2) is 2.72. The van der Waals surface area contributed by atoms with Crippen LogP contribution < -0.4 is 10.5 Å². The predicted octanol–water partition coefficient (Wildman–Crippen LogP) is 1.50. The van der Waals surface area contributed by atoms with Gasteiger partial charge in [-0.25, -0.2) is 0 Å². The molecule has 0 unspecified atom stereocenters. The van der Waals surface area contributed by atoms with Gasteiger partial charge in [0.25, 0.3) is 0 Å². The first-order chi connectivity index (χ1) is 6.80. The number of rotatable bonds is 1. The molecule has 1 fully saturated rings. The van der Waals surface area contributed by atoms with Crippen LogP contribution in [0.15, 0.2) is 18.2 Å². The van der Waals surface area contributed by atoms with E-state index in [1.807, 2.05) is 12.1 Å². The third kappa shape index (κ3) is 1.13. The first-order valence-electron chi connectivity index (χ1n) is 4.91. The Bertz CT molecular complexity index is 372. The maximum Gasteiger partial charge on any atom is 0.189 e. The standard InChI is InChI=1S/C11H13NO2/c12-11(4-5-11)9-2-1-3-10-8(9)6-13-7-14-10/h1-3H,4-7,12H2. The molecule has 0 saturated heterocycles. The zero-order valence-corrected chi connectivity index (χ0v) is 7.95. The molecule has 1 aromatic carbocycles. The largest absolute Gasteiger partial charge is 0.467 e. The van der Waals surface area contributed by atoms with E-state index in [0.717, 1.165) is 24.2 Å². The van der Waals surface area contributed by atoms with Crippen molar-refractivity contribution >= 4 is 0 Å². The van der Waals surface area contributed by atoms with E-state index >= 15 is 0 Å². The summed E-state index contributed by atoms with van der Waals surface area (Å²) in [6.07, 6.45) is 2.15. The van der Waals surface area contributed by atoms with Crippen LogP contribution in [-0.4, -0.2) is 6.79 Å². The Balaban J connectivity index is 2.11. The maximum atomic E-state index is 6.18. The minimum absolute atomic E-state index is 0.102. The van der Waals surface area contributed by atoms with E-state index in [1.54, 1.807) is 0 Å². The van der Waals surface area contributed by atoms with Crippen LogP contribution in [0.5, 0.6) is 5.75 Å². The smallest absolute Gasteiger partial charge is 0.189 e. The fraction of sp³-hybridized carbons (Fsp3) is 0.455. The van der Waals surface area contributed by atoms with Gasteiger partial charge >= 0.3 is 0 Å². The Labute approximate surface area is 82.8 Å². The summed E-state index contributed by atoms with van der Waals surface area (Å²) in [5.74, 6) is 0.936. The number of nitrogens with two attached hydrogens (primary N) is 1. The summed E-state index contributed by atoms with van der Waals surface area (Å²) < 4.78 is 10.7. The van der Waals surface area contributed by atoms with Crippen LogP contribution in [0, 0.1) is 0 Å². The molecule has 1 saturated carbocycles. The highest BCUT2D eigenvalue weighted by Crippen LogP contribution is 2.46. The van der Waals surface area contributed by atoms with E-state index in [-0.39, 0.29) is 5.54 Å². The molecule has 0 aromatic heterocycles. The van der Waals surface area contributed by atoms with E-state index in [1.165, 1.54) is 5.56 Å². The number of hydrogen-bond donors (Lipinski definition) is 1. The van der Waals surface area contributed by atoms with Gasteiger partial charge in [0.2, 0.25) is 0 Å². The summed E-state index contributed by atoms with van der Waals surface area (Å²) in [4.78, 5) is 0. The molecule has 1 aliphatic heterocycles. The van der Waals surface area contributed by atoms with Crippen LogP contribution in [0.1, 0.15) is 24.0 Å². The fourth-order valence-electron chi connectivity index (χ4n) is 1.97. The molecule has 1 aliphatic carbocycles. The third-order valence-electron chi connectivity index (χ3n) is 3.00. The quantitative estimate of drug-likeness (QED) is 0.731. The summed E-state index contributed by atoms with van der Waals surface area (Å²) in [5.41, 5.74) is 8.42. The van der Waals surface area contributed by atoms with Crippen molar-refractivity contribution in [3.05, 3.63) is 29.3 Å². The Morgan fingerprint density at radius 3 is 2.93 bits per heavy atom. The van der Waals surface area contributed by atoms with Crippen molar-refractivity contribution in [3.63, 3.8) is 0 Å². The lowest BCUT2D eigenvalue weighted by Gasteiger charge is -2.22. The van der Waals surface area contributed by atoms with E-state index in [0.29, 0.717) is 13.4 Å². The second-order valence-corrected chi connectivity index (χ2v) is 4.05. The first kappa shape index (κ1) is 8.26. The molecule has 3 nitrogen and oxygen atoms in total. The molecule has 0 bridgehead atoms. The minimum Gasteiger partial charge on any atom is -0.467 e. The Kier molecular flexibility index (Phi) is 1.60. The summed E-state index contributed by atoms with van der Waals surface area (Å²) in [6.45, 7) is 0.985. The highest BCUT2D eigenvalue weighted by Gasteiger charge is 2.42. The van der Waals surface area contributed by atoms with Crippen LogP contribution >= 0.6 is 0 Å². The molecule has 1 aromatic rings. The zero-order chi connectivity index (χ0) is 9.60. The Morgan fingerprint density at radius 1 is 1.29 bits per heavy atom. The molecular weight excluding hydrogens is 178 g/mol. The average molecular weight is 191 g/mol. The number of benzene rings is 1. The van der Waals surface area contributed by atoms with Crippen LogP contribution in [-0.2, 0) is 16.9 Å². The molecule has 3 rings (SSSR count). The Hall–Kier alpha value is -1.06. The number of ether oxygens (including phenoxy) is 2. The lowest BCUT2D eigenvalue weighted by molar-refractivity contribution is -0.0170. The van der Waals surface area contributed by atoms with E-state index in [9.17, 15) is 0 Å². The molecule has 3 heteroatoms. The molecule has 0 radical (unpaired) electrons. The van der Waals surface area contributed by atoms with Gasteiger partial charge in [-0.05, 0) is 24.5 Å². The number of hydrogen-bond acceptors (Lipinski definition) is 3. The topological polar surface area (TPSA) is 44.5 Å². The molecular formula is C11H13NO2. The molecule has 2 N–H and O–H groups in total. The van der Waals surface area contributed by atoms with Gasteiger partial charge in [0.1, 0.15) is 5.75 Å². The van der Waals surface area contributed by atoms with Gasteiger partial charge in [-0.2, -0.15) is 0 Å². The van der Waals surface area contributed by atoms with E-state index in [4.69, 9.17) is 15.2 Å². The molecule has 0 amide bonds. The summed E-state index contributed by atoms with van der Waals surface area (Å²) in [6, 6.07) is 6.07. The van der Waals surface area contributed by atoms with Crippen LogP contribution in [0.2, 0.25) is 0 Å². The highest BCUT2D eigenvalue weighted by atomic mass is 16.7. The normalized spacial score (nSPS) is 22.4. The molecule has 1 heterocycles. The predicted molar refractivity (Wildman–Crippen MR) is 51.8 cm³/mol. The lowest BCUT2D eigenvalue weighted by atomic mass is 9.98. The minimum atomic E-state index is -0.102. The van der Waals surface area contributed by atoms with Gasteiger partial charge in [0.15, 0.2) is 6.79 Å². The van der Waals surface area contributed by atoms with Gasteiger partial charge in [-0.3, -0.25) is 0 Å². The van der Waals surface area contributed by atoms with Crippen molar-refractivity contribution in [1.29, 1.82) is 0 Å². The molecule has 14 heavy (non-hydrogen) atoms. The molecule has 0 spiro atoms. The molecule has 74 valence electrons. The van der Waals surface area contributed by atoms with E-state index in [2.05, 4.69) is 6.07 Å². The maximum absolute atomic E-state index is 6.18. The number of fused-ring (bicyclic) bond motifs is 1. The first-order valence-corrected chi connectivity index (χ1v) is 4.91. The zero-order valence-electron chi connectivity index (χ0n) is 7.95. The fourth-order valence-corrected chi connectivity index (χ4v) is 1.97. The second-order valence-electron chi connectivity index (χ2n) is 4.05. The van der Waals surface area contributed by atoms with Crippen molar-refractivity contribution in [1.82, 2.24) is 0 Å². The summed E-state index contributed by atoms with van der Waals surface area (Å²) in [5, 5.41) is 0. The lowest BCUT2D eigenvalue weighted by Crippen LogP contribution is -2.23. The van der Waals surface area contributed by atoms with Crippen LogP contribution in [0.4, 0.5) is 0 Å². The van der Waals surface area contributed by atoms with Crippen molar-refractivity contribution in [2.45, 2.75) is 25.0 Å². The SMILES string of the molecule is NC1(c2cccc3c2COCO3)CC1. The van der Waals surface area contributed by atoms with Crippen molar-refractivity contribution in [3.8, 4) is 5.75 Å². The van der Waals surface area contributed by atoms with Crippen molar-refractivity contribution < 1.29 is 9.47 Å².